The predicted molar refractivity (Wildman–Crippen MR) is 90.0 cm³/mol. The third kappa shape index (κ3) is 2.65. The van der Waals surface area contributed by atoms with Crippen molar-refractivity contribution in [2.24, 2.45) is 0 Å². The number of hydrogen-bond acceptors (Lipinski definition) is 2. The number of fused-ring (bicyclic) bond motifs is 1. The molecule has 0 fully saturated rings. The van der Waals surface area contributed by atoms with Crippen molar-refractivity contribution in [2.75, 3.05) is 5.88 Å². The van der Waals surface area contributed by atoms with Crippen LogP contribution >= 0.6 is 38.9 Å². The minimum atomic E-state index is 0.594. The average molecular weight is 370 g/mol. The van der Waals surface area contributed by atoms with Gasteiger partial charge in [-0.25, -0.2) is 4.98 Å². The molecule has 0 amide bonds. The molecule has 0 radical (unpaired) electrons. The molecule has 3 rings (SSSR count). The molecule has 20 heavy (non-hydrogen) atoms. The number of benzene rings is 1. The number of nitrogens with zero attached hydrogens (tertiary/aromatic N) is 2. The quantitative estimate of drug-likeness (QED) is 0.592. The van der Waals surface area contributed by atoms with E-state index in [9.17, 15) is 0 Å². The second-order valence-corrected chi connectivity index (χ2v) is 7.02. The summed E-state index contributed by atoms with van der Waals surface area (Å²) in [6.07, 6.45) is 0.794. The molecule has 2 heterocycles. The summed E-state index contributed by atoms with van der Waals surface area (Å²) in [5.74, 6) is 1.66. The van der Waals surface area contributed by atoms with Crippen molar-refractivity contribution in [3.8, 4) is 0 Å². The summed E-state index contributed by atoms with van der Waals surface area (Å²) in [4.78, 5) is 6.05. The minimum Gasteiger partial charge on any atom is -0.322 e. The Balaban J connectivity index is 2.12. The van der Waals surface area contributed by atoms with E-state index in [2.05, 4.69) is 57.1 Å². The first kappa shape index (κ1) is 14.1. The van der Waals surface area contributed by atoms with Crippen LogP contribution in [0.1, 0.15) is 16.3 Å². The van der Waals surface area contributed by atoms with Gasteiger partial charge in [0.25, 0.3) is 0 Å². The van der Waals surface area contributed by atoms with E-state index in [-0.39, 0.29) is 0 Å². The predicted octanol–water partition coefficient (Wildman–Crippen LogP) is 5.00. The van der Waals surface area contributed by atoms with E-state index in [4.69, 9.17) is 16.6 Å². The van der Waals surface area contributed by atoms with Crippen LogP contribution in [0, 0.1) is 6.92 Å². The van der Waals surface area contributed by atoms with Crippen molar-refractivity contribution in [3.63, 3.8) is 0 Å². The van der Waals surface area contributed by atoms with Crippen molar-refractivity contribution in [2.45, 2.75) is 19.9 Å². The Morgan fingerprint density at radius 3 is 2.95 bits per heavy atom. The minimum absolute atomic E-state index is 0.594. The Morgan fingerprint density at radius 1 is 1.40 bits per heavy atom. The van der Waals surface area contributed by atoms with Gasteiger partial charge >= 0.3 is 0 Å². The lowest BCUT2D eigenvalue weighted by atomic mass is 10.2. The Hall–Kier alpha value is -0.840. The number of alkyl halides is 1. The van der Waals surface area contributed by atoms with Crippen LogP contribution in [-0.4, -0.2) is 15.4 Å². The number of thiophene rings is 1. The molecule has 0 unspecified atom stereocenters. The largest absolute Gasteiger partial charge is 0.322 e. The first-order valence-electron chi connectivity index (χ1n) is 6.42. The summed E-state index contributed by atoms with van der Waals surface area (Å²) in [6, 6.07) is 8.43. The normalized spacial score (nSPS) is 11.3. The fourth-order valence-electron chi connectivity index (χ4n) is 2.45. The van der Waals surface area contributed by atoms with Gasteiger partial charge in [0.1, 0.15) is 5.82 Å². The molecule has 104 valence electrons. The smallest absolute Gasteiger partial charge is 0.111 e. The third-order valence-electron chi connectivity index (χ3n) is 3.30. The molecule has 5 heteroatoms. The molecular weight excluding hydrogens is 356 g/mol. The molecule has 1 aromatic carbocycles. The van der Waals surface area contributed by atoms with Crippen molar-refractivity contribution < 1.29 is 0 Å². The maximum absolute atomic E-state index is 5.92. The van der Waals surface area contributed by atoms with Gasteiger partial charge in [-0.1, -0.05) is 12.1 Å². The van der Waals surface area contributed by atoms with Crippen LogP contribution in [-0.2, 0) is 13.0 Å². The summed E-state index contributed by atoms with van der Waals surface area (Å²) in [5, 5.41) is 2.11. The van der Waals surface area contributed by atoms with Crippen LogP contribution in [0.3, 0.4) is 0 Å². The Kier molecular flexibility index (Phi) is 4.15. The number of aryl methyl sites for hydroxylation is 2. The molecular formula is C15H14BrClN2S. The molecule has 0 bridgehead atoms. The molecule has 0 saturated heterocycles. The molecule has 2 aromatic heterocycles. The van der Waals surface area contributed by atoms with E-state index in [1.54, 1.807) is 11.3 Å². The maximum atomic E-state index is 5.92. The molecule has 2 nitrogen and oxygen atoms in total. The van der Waals surface area contributed by atoms with Gasteiger partial charge in [-0.2, -0.15) is 0 Å². The zero-order chi connectivity index (χ0) is 14.1. The standard InChI is InChI=1S/C15H14BrClN2S/c1-10-3-2-4-13-15(10)19(14(18-13)5-6-17)8-12-7-11(16)9-20-12/h2-4,7,9H,5-6,8H2,1H3. The highest BCUT2D eigenvalue weighted by Gasteiger charge is 2.13. The number of aromatic nitrogens is 2. The monoisotopic (exact) mass is 368 g/mol. The highest BCUT2D eigenvalue weighted by Crippen LogP contribution is 2.25. The summed E-state index contributed by atoms with van der Waals surface area (Å²) in [7, 11) is 0. The molecule has 3 aromatic rings. The lowest BCUT2D eigenvalue weighted by Gasteiger charge is -2.08. The number of halogens is 2. The number of para-hydroxylation sites is 1. The highest BCUT2D eigenvalue weighted by atomic mass is 79.9. The fraction of sp³-hybridized carbons (Fsp3) is 0.267. The highest BCUT2D eigenvalue weighted by molar-refractivity contribution is 9.10. The van der Waals surface area contributed by atoms with Crippen LogP contribution < -0.4 is 0 Å². The maximum Gasteiger partial charge on any atom is 0.111 e. The van der Waals surface area contributed by atoms with Crippen LogP contribution in [0.15, 0.2) is 34.1 Å². The molecule has 0 N–H and O–H groups in total. The summed E-state index contributed by atoms with van der Waals surface area (Å²) >= 11 is 11.2. The SMILES string of the molecule is Cc1cccc2nc(CCCl)n(Cc3cc(Br)cs3)c12. The second-order valence-electron chi connectivity index (χ2n) is 4.73. The number of hydrogen-bond donors (Lipinski definition) is 0. The van der Waals surface area contributed by atoms with E-state index >= 15 is 0 Å². The molecule has 0 aliphatic carbocycles. The van der Waals surface area contributed by atoms with Gasteiger partial charge in [0.15, 0.2) is 0 Å². The van der Waals surface area contributed by atoms with E-state index in [0.717, 1.165) is 28.8 Å². The summed E-state index contributed by atoms with van der Waals surface area (Å²) in [6.45, 7) is 2.99. The number of rotatable bonds is 4. The molecule has 0 aliphatic heterocycles. The molecule has 0 saturated carbocycles. The van der Waals surface area contributed by atoms with Gasteiger partial charge in [-0.15, -0.1) is 22.9 Å². The van der Waals surface area contributed by atoms with Gasteiger partial charge in [0.05, 0.1) is 17.6 Å². The summed E-state index contributed by atoms with van der Waals surface area (Å²) in [5.41, 5.74) is 3.53. The van der Waals surface area contributed by atoms with Gasteiger partial charge in [0, 0.05) is 27.0 Å². The average Bonchev–Trinajstić information content (AvgIpc) is 2.96. The van der Waals surface area contributed by atoms with Crippen molar-refractivity contribution >= 4 is 49.9 Å². The zero-order valence-corrected chi connectivity index (χ0v) is 14.2. The Bertz CT molecular complexity index is 747. The van der Waals surface area contributed by atoms with E-state index < -0.39 is 0 Å². The van der Waals surface area contributed by atoms with Gasteiger partial charge in [-0.3, -0.25) is 0 Å². The Morgan fingerprint density at radius 2 is 2.25 bits per heavy atom. The van der Waals surface area contributed by atoms with Crippen LogP contribution in [0.25, 0.3) is 11.0 Å². The van der Waals surface area contributed by atoms with Gasteiger partial charge in [0.2, 0.25) is 0 Å². The van der Waals surface area contributed by atoms with Crippen LogP contribution in [0.4, 0.5) is 0 Å². The zero-order valence-electron chi connectivity index (χ0n) is 11.1. The van der Waals surface area contributed by atoms with Gasteiger partial charge in [-0.05, 0) is 40.5 Å². The molecule has 0 atom stereocenters. The first-order valence-corrected chi connectivity index (χ1v) is 8.63. The fourth-order valence-corrected chi connectivity index (χ4v) is 4.06. The number of imidazole rings is 1. The van der Waals surface area contributed by atoms with Gasteiger partial charge < -0.3 is 4.57 Å². The van der Waals surface area contributed by atoms with Crippen molar-refractivity contribution in [1.29, 1.82) is 0 Å². The molecule has 0 spiro atoms. The lowest BCUT2D eigenvalue weighted by molar-refractivity contribution is 0.761. The lowest BCUT2D eigenvalue weighted by Crippen LogP contribution is -2.05. The second kappa shape index (κ2) is 5.88. The van der Waals surface area contributed by atoms with E-state index in [1.165, 1.54) is 16.0 Å². The van der Waals surface area contributed by atoms with Crippen LogP contribution in [0.5, 0.6) is 0 Å². The van der Waals surface area contributed by atoms with Crippen molar-refractivity contribution in [1.82, 2.24) is 9.55 Å². The van der Waals surface area contributed by atoms with E-state index in [0.29, 0.717) is 5.88 Å². The Labute approximate surface area is 135 Å². The van der Waals surface area contributed by atoms with Crippen molar-refractivity contribution in [3.05, 3.63) is 50.4 Å². The topological polar surface area (TPSA) is 17.8 Å². The molecule has 0 aliphatic rings. The summed E-state index contributed by atoms with van der Waals surface area (Å²) < 4.78 is 3.43. The first-order chi connectivity index (χ1) is 9.69. The van der Waals surface area contributed by atoms with Crippen LogP contribution in [0.2, 0.25) is 0 Å². The third-order valence-corrected chi connectivity index (χ3v) is 5.17. The van der Waals surface area contributed by atoms with E-state index in [1.807, 2.05) is 0 Å².